The van der Waals surface area contributed by atoms with Gasteiger partial charge in [-0.15, -0.1) is 0 Å². The van der Waals surface area contributed by atoms with Crippen LogP contribution in [0.25, 0.3) is 83.4 Å². The Morgan fingerprint density at radius 3 is 1.79 bits per heavy atom. The van der Waals surface area contributed by atoms with E-state index in [9.17, 15) is 0 Å². The van der Waals surface area contributed by atoms with Gasteiger partial charge in [-0.2, -0.15) is 0 Å². The Hall–Kier alpha value is -8.02. The van der Waals surface area contributed by atoms with Crippen molar-refractivity contribution in [3.63, 3.8) is 0 Å². The Morgan fingerprint density at radius 1 is 0.493 bits per heavy atom. The van der Waals surface area contributed by atoms with Crippen molar-refractivity contribution in [3.8, 4) is 62.1 Å². The maximum Gasteiger partial charge on any atom is 0.269 e. The van der Waals surface area contributed by atoms with Gasteiger partial charge in [0.25, 0.3) is 6.33 Å². The van der Waals surface area contributed by atoms with E-state index in [2.05, 4.69) is 128 Å². The minimum atomic E-state index is -0.568. The van der Waals surface area contributed by atoms with Gasteiger partial charge in [0, 0.05) is 23.0 Å². The van der Waals surface area contributed by atoms with Crippen LogP contribution >= 0.6 is 0 Å². The molecule has 0 radical (unpaired) electrons. The van der Waals surface area contributed by atoms with Crippen LogP contribution in [-0.4, -0.2) is 14.1 Å². The summed E-state index contributed by atoms with van der Waals surface area (Å²) in [7, 11) is 0. The van der Waals surface area contributed by atoms with E-state index >= 15 is 0 Å². The Morgan fingerprint density at radius 2 is 1.13 bits per heavy atom. The van der Waals surface area contributed by atoms with Gasteiger partial charge in [0.2, 0.25) is 0 Å². The Kier molecular flexibility index (Phi) is 8.63. The van der Waals surface area contributed by atoms with Crippen LogP contribution in [0.1, 0.15) is 92.7 Å². The van der Waals surface area contributed by atoms with E-state index in [1.165, 1.54) is 11.1 Å². The van der Waals surface area contributed by atoms with E-state index in [1.807, 2.05) is 66.9 Å². The highest BCUT2D eigenvalue weighted by Crippen LogP contribution is 2.41. The molecule has 0 spiro atoms. The second-order valence-corrected chi connectivity index (χ2v) is 21.3. The van der Waals surface area contributed by atoms with Gasteiger partial charge < -0.3 is 4.74 Å². The Balaban J connectivity index is 1.07. The number of benzene rings is 8. The first-order chi connectivity index (χ1) is 38.2. The monoisotopic (exact) mass is 935 g/mol. The number of imidazole rings is 1. The number of pyridine rings is 1. The number of nitrogens with zero attached hydrogens (tertiary/aromatic N) is 4. The molecule has 8 aromatic carbocycles. The van der Waals surface area contributed by atoms with Crippen molar-refractivity contribution in [1.29, 1.82) is 0 Å². The minimum Gasteiger partial charge on any atom is -0.458 e. The third kappa shape index (κ3) is 8.60. The van der Waals surface area contributed by atoms with Crippen LogP contribution < -0.4 is 9.30 Å². The van der Waals surface area contributed by atoms with Crippen LogP contribution in [0.2, 0.25) is 0 Å². The molecular formula is C66H60N4O. The molecule has 3 aromatic heterocycles. The molecule has 0 amide bonds. The van der Waals surface area contributed by atoms with E-state index in [0.717, 1.165) is 44.3 Å². The van der Waals surface area contributed by atoms with Crippen molar-refractivity contribution in [1.82, 2.24) is 14.1 Å². The van der Waals surface area contributed by atoms with Gasteiger partial charge in [0.05, 0.1) is 47.1 Å². The zero-order chi connectivity index (χ0) is 57.9. The standard InChI is InChI=1S/C66H60N4O/c1-64(2,3)48-34-35-67-62(40-48)70-58-33-30-46(47-36-49(65(4,5)6)39-50(37-47)66(7,8)9)38-57(58)56-32-31-53(42-61(56)70)71-52-25-18-24-51(41-52)68-43-69(60-29-17-16-28-59(60)68)63-54(44-20-12-10-13-21-44)26-19-27-55(63)45-22-14-11-15-23-45/h10-42H,1-9H3/i10D,11D,12D,13D,14D,15D,20D,21D,22D,23D. The number of aromatic nitrogens is 4. The van der Waals surface area contributed by atoms with Crippen molar-refractivity contribution >= 4 is 32.8 Å². The summed E-state index contributed by atoms with van der Waals surface area (Å²) in [6.07, 6.45) is 5.34. The van der Waals surface area contributed by atoms with Crippen LogP contribution in [0.5, 0.6) is 11.5 Å². The summed E-state index contributed by atoms with van der Waals surface area (Å²) >= 11 is 0. The van der Waals surface area contributed by atoms with Gasteiger partial charge in [0.15, 0.2) is 0 Å². The number of fused-ring (bicyclic) bond motifs is 4. The normalized spacial score (nSPS) is 14.3. The van der Waals surface area contributed by atoms with Crippen LogP contribution in [0.3, 0.4) is 0 Å². The molecular weight excluding hydrogens is 865 g/mol. The molecule has 0 unspecified atom stereocenters. The summed E-state index contributed by atoms with van der Waals surface area (Å²) in [5.41, 5.74) is 9.72. The zero-order valence-corrected chi connectivity index (χ0v) is 41.5. The molecule has 0 atom stereocenters. The molecule has 11 aromatic rings. The van der Waals surface area contributed by atoms with E-state index in [4.69, 9.17) is 23.4 Å². The van der Waals surface area contributed by atoms with Gasteiger partial charge in [-0.05, 0) is 121 Å². The van der Waals surface area contributed by atoms with Gasteiger partial charge in [-0.3, -0.25) is 13.7 Å². The molecule has 350 valence electrons. The van der Waals surface area contributed by atoms with Crippen molar-refractivity contribution in [2.45, 2.75) is 78.6 Å². The first kappa shape index (κ1) is 35.1. The average molecular weight is 935 g/mol. The summed E-state index contributed by atoms with van der Waals surface area (Å²) in [6, 6.07) is 38.5. The number of hydrogen-bond acceptors (Lipinski definition) is 2. The first-order valence-corrected chi connectivity index (χ1v) is 24.0. The van der Waals surface area contributed by atoms with E-state index in [0.29, 0.717) is 28.2 Å². The highest BCUT2D eigenvalue weighted by Gasteiger charge is 2.24. The summed E-state index contributed by atoms with van der Waals surface area (Å²) < 4.78 is 100. The average Bonchev–Trinajstić information content (AvgIpc) is 3.16. The number of ether oxygens (including phenoxy) is 1. The summed E-state index contributed by atoms with van der Waals surface area (Å²) in [5.74, 6) is 1.87. The van der Waals surface area contributed by atoms with Crippen LogP contribution in [-0.2, 0) is 16.2 Å². The molecule has 11 rings (SSSR count). The zero-order valence-electron chi connectivity index (χ0n) is 51.5. The van der Waals surface area contributed by atoms with Gasteiger partial charge >= 0.3 is 0 Å². The van der Waals surface area contributed by atoms with Crippen LogP contribution in [0.15, 0.2) is 200 Å². The Bertz CT molecular complexity index is 4230. The van der Waals surface area contributed by atoms with Crippen molar-refractivity contribution in [3.05, 3.63) is 223 Å². The maximum absolute atomic E-state index is 9.08. The second-order valence-electron chi connectivity index (χ2n) is 21.3. The molecule has 3 heterocycles. The molecule has 0 aliphatic heterocycles. The summed E-state index contributed by atoms with van der Waals surface area (Å²) in [4.78, 5) is 4.97. The number of para-hydroxylation sites is 3. The molecule has 0 bridgehead atoms. The van der Waals surface area contributed by atoms with E-state index in [-0.39, 0.29) is 44.2 Å². The molecule has 0 saturated heterocycles. The highest BCUT2D eigenvalue weighted by atomic mass is 16.5. The SMILES string of the molecule is [2H]c1c([2H])c([2H])c(-c2cccc(-c3c([2H])c([2H])c([2H])c([2H])c3[2H])c2-[n+]2[c-]n(-c3cccc(Oc4ccc5c6cc(-c7cc(C(C)(C)C)cc(C(C)(C)C)c7)ccc6n(-c6cc(C(C)(C)C)ccn6)c5c4)c3)c3ccccc32)c([2H])c1[2H]. The largest absolute Gasteiger partial charge is 0.458 e. The molecule has 5 nitrogen and oxygen atoms in total. The predicted molar refractivity (Wildman–Crippen MR) is 295 cm³/mol. The third-order valence-corrected chi connectivity index (χ3v) is 13.3. The van der Waals surface area contributed by atoms with Gasteiger partial charge in [0.1, 0.15) is 17.3 Å². The third-order valence-electron chi connectivity index (χ3n) is 13.3. The second kappa shape index (κ2) is 17.4. The van der Waals surface area contributed by atoms with Crippen molar-refractivity contribution in [2.24, 2.45) is 0 Å². The van der Waals surface area contributed by atoms with Crippen molar-refractivity contribution in [2.75, 3.05) is 0 Å². The molecule has 71 heavy (non-hydrogen) atoms. The molecule has 0 aliphatic carbocycles. The fourth-order valence-corrected chi connectivity index (χ4v) is 9.35. The Labute approximate surface area is 432 Å². The molecule has 0 aliphatic rings. The van der Waals surface area contributed by atoms with Crippen LogP contribution in [0, 0.1) is 6.33 Å². The fourth-order valence-electron chi connectivity index (χ4n) is 9.35. The molecule has 0 saturated carbocycles. The van der Waals surface area contributed by atoms with Crippen LogP contribution in [0.4, 0.5) is 0 Å². The van der Waals surface area contributed by atoms with E-state index < -0.39 is 60.4 Å². The molecule has 0 N–H and O–H groups in total. The minimum absolute atomic E-state index is 0.0531. The maximum atomic E-state index is 9.08. The lowest BCUT2D eigenvalue weighted by Crippen LogP contribution is -2.31. The van der Waals surface area contributed by atoms with Gasteiger partial charge in [-0.25, -0.2) is 4.98 Å². The number of rotatable bonds is 8. The first-order valence-electron chi connectivity index (χ1n) is 29.0. The lowest BCUT2D eigenvalue weighted by atomic mass is 9.79. The number of hydrogen-bond donors (Lipinski definition) is 0. The lowest BCUT2D eigenvalue weighted by Gasteiger charge is -2.26. The summed E-state index contributed by atoms with van der Waals surface area (Å²) in [6.45, 7) is 20.1. The smallest absolute Gasteiger partial charge is 0.269 e. The van der Waals surface area contributed by atoms with E-state index in [1.54, 1.807) is 27.3 Å². The summed E-state index contributed by atoms with van der Waals surface area (Å²) in [5, 5.41) is 2.10. The van der Waals surface area contributed by atoms with Gasteiger partial charge in [-0.1, -0.05) is 196 Å². The quantitative estimate of drug-likeness (QED) is 0.112. The predicted octanol–water partition coefficient (Wildman–Crippen LogP) is 16.9. The fraction of sp³-hybridized carbons (Fsp3) is 0.182. The topological polar surface area (TPSA) is 35.9 Å². The molecule has 0 fully saturated rings. The molecule has 5 heteroatoms. The lowest BCUT2D eigenvalue weighted by molar-refractivity contribution is -0.571. The highest BCUT2D eigenvalue weighted by molar-refractivity contribution is 6.10. The van der Waals surface area contributed by atoms with Crippen molar-refractivity contribution < 1.29 is 23.0 Å².